The largest absolute Gasteiger partial charge is 0.371 e. The second-order valence-electron chi connectivity index (χ2n) is 6.63. The number of hydrogen-bond acceptors (Lipinski definition) is 3. The zero-order chi connectivity index (χ0) is 18.4. The Hall–Kier alpha value is -1.16. The van der Waals surface area contributed by atoms with Crippen molar-refractivity contribution in [1.82, 2.24) is 0 Å². The summed E-state index contributed by atoms with van der Waals surface area (Å²) in [5.74, 6) is -0.634. The van der Waals surface area contributed by atoms with Crippen molar-refractivity contribution in [2.45, 2.75) is 70.7 Å². The van der Waals surface area contributed by atoms with Crippen molar-refractivity contribution >= 4 is 6.08 Å². The third-order valence-corrected chi connectivity index (χ3v) is 4.71. The quantitative estimate of drug-likeness (QED) is 0.288. The fourth-order valence-corrected chi connectivity index (χ4v) is 2.90. The molecule has 0 unspecified atom stereocenters. The molecule has 0 atom stereocenters. The van der Waals surface area contributed by atoms with Crippen LogP contribution in [0, 0.1) is 0 Å². The van der Waals surface area contributed by atoms with Crippen molar-refractivity contribution in [3.63, 3.8) is 0 Å². The predicted molar refractivity (Wildman–Crippen MR) is 106 cm³/mol. The highest BCUT2D eigenvalue weighted by Gasteiger charge is 2.29. The van der Waals surface area contributed by atoms with Gasteiger partial charge in [0.2, 0.25) is 0 Å². The fourth-order valence-electron chi connectivity index (χ4n) is 2.90. The highest BCUT2D eigenvalue weighted by atomic mass is 16.7. The number of methoxy groups -OCH3 is 2. The van der Waals surface area contributed by atoms with Crippen molar-refractivity contribution in [2.75, 3.05) is 20.8 Å². The summed E-state index contributed by atoms with van der Waals surface area (Å²) in [7, 11) is 3.40. The van der Waals surface area contributed by atoms with Crippen LogP contribution in [-0.4, -0.2) is 26.6 Å². The van der Waals surface area contributed by atoms with Gasteiger partial charge in [-0.15, -0.1) is 0 Å². The van der Waals surface area contributed by atoms with Crippen LogP contribution in [-0.2, 0) is 20.8 Å². The van der Waals surface area contributed by atoms with Crippen LogP contribution < -0.4 is 0 Å². The Morgan fingerprint density at radius 3 is 2.08 bits per heavy atom. The van der Waals surface area contributed by atoms with Gasteiger partial charge in [0.1, 0.15) is 6.61 Å². The molecule has 142 valence electrons. The summed E-state index contributed by atoms with van der Waals surface area (Å²) in [5, 5.41) is 0. The smallest absolute Gasteiger partial charge is 0.191 e. The molecule has 0 N–H and O–H groups in total. The minimum absolute atomic E-state index is 0.443. The summed E-state index contributed by atoms with van der Waals surface area (Å²) >= 11 is 0. The van der Waals surface area contributed by atoms with E-state index < -0.39 is 5.79 Å². The number of hydrogen-bond donors (Lipinski definition) is 0. The van der Waals surface area contributed by atoms with Gasteiger partial charge in [0.25, 0.3) is 0 Å². The van der Waals surface area contributed by atoms with Crippen molar-refractivity contribution in [1.29, 1.82) is 0 Å². The first-order valence-corrected chi connectivity index (χ1v) is 9.59. The van der Waals surface area contributed by atoms with E-state index in [2.05, 4.69) is 25.6 Å². The molecule has 0 fully saturated rings. The molecule has 1 rings (SSSR count). The topological polar surface area (TPSA) is 27.7 Å². The lowest BCUT2D eigenvalue weighted by atomic mass is 10.0. The van der Waals surface area contributed by atoms with Gasteiger partial charge in [-0.3, -0.25) is 0 Å². The van der Waals surface area contributed by atoms with Crippen LogP contribution in [0.5, 0.6) is 0 Å². The lowest BCUT2D eigenvalue weighted by molar-refractivity contribution is -0.241. The van der Waals surface area contributed by atoms with E-state index in [9.17, 15) is 0 Å². The van der Waals surface area contributed by atoms with Gasteiger partial charge in [0.05, 0.1) is 6.61 Å². The third kappa shape index (κ3) is 8.66. The molecule has 25 heavy (non-hydrogen) atoms. The summed E-state index contributed by atoms with van der Waals surface area (Å²) in [6, 6.07) is 8.22. The van der Waals surface area contributed by atoms with Gasteiger partial charge in [0.15, 0.2) is 5.79 Å². The Morgan fingerprint density at radius 2 is 1.52 bits per heavy atom. The van der Waals surface area contributed by atoms with E-state index in [0.29, 0.717) is 13.2 Å². The second-order valence-corrected chi connectivity index (χ2v) is 6.63. The minimum atomic E-state index is -0.634. The van der Waals surface area contributed by atoms with Crippen LogP contribution in [0.1, 0.15) is 69.4 Å². The Balaban J connectivity index is 2.31. The van der Waals surface area contributed by atoms with E-state index in [1.165, 1.54) is 38.5 Å². The molecule has 0 aromatic heterocycles. The number of benzene rings is 1. The Labute approximate surface area is 154 Å². The Morgan fingerprint density at radius 1 is 0.920 bits per heavy atom. The normalized spacial score (nSPS) is 11.6. The maximum absolute atomic E-state index is 5.87. The molecular weight excluding hydrogens is 312 g/mol. The maximum atomic E-state index is 5.87. The van der Waals surface area contributed by atoms with E-state index in [-0.39, 0.29) is 0 Å². The maximum Gasteiger partial charge on any atom is 0.191 e. The minimum Gasteiger partial charge on any atom is -0.371 e. The first-order chi connectivity index (χ1) is 12.2. The molecule has 0 aliphatic carbocycles. The van der Waals surface area contributed by atoms with Crippen LogP contribution in [0.2, 0.25) is 0 Å². The van der Waals surface area contributed by atoms with Gasteiger partial charge in [-0.05, 0) is 17.5 Å². The van der Waals surface area contributed by atoms with Crippen LogP contribution in [0.15, 0.2) is 30.8 Å². The summed E-state index contributed by atoms with van der Waals surface area (Å²) in [5.41, 5.74) is 2.26. The van der Waals surface area contributed by atoms with Crippen LogP contribution in [0.25, 0.3) is 6.08 Å². The van der Waals surface area contributed by atoms with Crippen molar-refractivity contribution in [2.24, 2.45) is 0 Å². The van der Waals surface area contributed by atoms with Crippen molar-refractivity contribution < 1.29 is 14.2 Å². The summed E-state index contributed by atoms with van der Waals surface area (Å²) < 4.78 is 17.2. The zero-order valence-electron chi connectivity index (χ0n) is 16.4. The van der Waals surface area contributed by atoms with Crippen LogP contribution in [0.3, 0.4) is 0 Å². The van der Waals surface area contributed by atoms with E-state index in [1.54, 1.807) is 14.2 Å². The average molecular weight is 349 g/mol. The molecule has 0 amide bonds. The van der Waals surface area contributed by atoms with E-state index >= 15 is 0 Å². The highest BCUT2D eigenvalue weighted by molar-refractivity contribution is 5.47. The molecule has 0 aliphatic rings. The fraction of sp³-hybridized carbons (Fsp3) is 0.636. The van der Waals surface area contributed by atoms with Gasteiger partial charge in [-0.2, -0.15) is 0 Å². The molecule has 0 saturated heterocycles. The van der Waals surface area contributed by atoms with E-state index in [1.807, 2.05) is 18.2 Å². The first-order valence-electron chi connectivity index (χ1n) is 9.59. The molecule has 0 aliphatic heterocycles. The third-order valence-electron chi connectivity index (χ3n) is 4.71. The van der Waals surface area contributed by atoms with E-state index in [0.717, 1.165) is 24.0 Å². The number of unbranched alkanes of at least 4 members (excludes halogenated alkanes) is 6. The Kier molecular flexibility index (Phi) is 11.5. The molecule has 0 heterocycles. The van der Waals surface area contributed by atoms with Crippen LogP contribution in [0.4, 0.5) is 0 Å². The monoisotopic (exact) mass is 348 g/mol. The van der Waals surface area contributed by atoms with Crippen molar-refractivity contribution in [3.05, 3.63) is 42.0 Å². The standard InChI is InChI=1S/C22H36O3/c1-5-7-8-9-10-11-12-17-22(23-3,24-4)19-25-18-21-15-13-20(6-2)14-16-21/h6,13-16H,2,5,7-12,17-19H2,1,3-4H3. The number of rotatable bonds is 15. The summed E-state index contributed by atoms with van der Waals surface area (Å²) in [6.45, 7) is 7.02. The highest BCUT2D eigenvalue weighted by Crippen LogP contribution is 2.22. The average Bonchev–Trinajstić information content (AvgIpc) is 2.66. The first kappa shape index (κ1) is 21.9. The van der Waals surface area contributed by atoms with Gasteiger partial charge >= 0.3 is 0 Å². The molecule has 1 aromatic rings. The number of ether oxygens (including phenoxy) is 3. The molecule has 1 aromatic carbocycles. The van der Waals surface area contributed by atoms with Gasteiger partial charge < -0.3 is 14.2 Å². The second kappa shape index (κ2) is 13.1. The summed E-state index contributed by atoms with van der Waals surface area (Å²) in [4.78, 5) is 0. The summed E-state index contributed by atoms with van der Waals surface area (Å²) in [6.07, 6.45) is 11.6. The SMILES string of the molecule is C=Cc1ccc(COCC(CCCCCCCCC)(OC)OC)cc1. The van der Waals surface area contributed by atoms with Crippen LogP contribution >= 0.6 is 0 Å². The lowest BCUT2D eigenvalue weighted by Crippen LogP contribution is -2.39. The van der Waals surface area contributed by atoms with E-state index in [4.69, 9.17) is 14.2 Å². The molecule has 3 heteroatoms. The van der Waals surface area contributed by atoms with Gasteiger partial charge in [-0.1, -0.05) is 82.4 Å². The molecule has 0 spiro atoms. The predicted octanol–water partition coefficient (Wildman–Crippen LogP) is 5.98. The van der Waals surface area contributed by atoms with Crippen molar-refractivity contribution in [3.8, 4) is 0 Å². The molecule has 0 radical (unpaired) electrons. The molecule has 0 bridgehead atoms. The molecule has 0 saturated carbocycles. The Bertz CT molecular complexity index is 449. The zero-order valence-corrected chi connectivity index (χ0v) is 16.4. The lowest BCUT2D eigenvalue weighted by Gasteiger charge is -2.30. The molecule has 3 nitrogen and oxygen atoms in total. The van der Waals surface area contributed by atoms with Gasteiger partial charge in [-0.25, -0.2) is 0 Å². The molecular formula is C22H36O3. The van der Waals surface area contributed by atoms with Gasteiger partial charge in [0, 0.05) is 20.6 Å².